The van der Waals surface area contributed by atoms with Gasteiger partial charge >= 0.3 is 6.09 Å². The number of piperidine rings is 1. The Balaban J connectivity index is 1.47. The van der Waals surface area contributed by atoms with Crippen LogP contribution in [0.2, 0.25) is 51.4 Å². The second-order valence-electron chi connectivity index (χ2n) is 16.4. The molecular weight excluding hydrogens is 633 g/mol. The Morgan fingerprint density at radius 1 is 0.978 bits per heavy atom. The predicted molar refractivity (Wildman–Crippen MR) is 191 cm³/mol. The van der Waals surface area contributed by atoms with Crippen molar-refractivity contribution in [1.29, 1.82) is 0 Å². The van der Waals surface area contributed by atoms with Crippen molar-refractivity contribution in [1.82, 2.24) is 24.5 Å². The Bertz CT molecular complexity index is 1430. The third kappa shape index (κ3) is 8.97. The van der Waals surface area contributed by atoms with Crippen LogP contribution in [0.3, 0.4) is 0 Å². The molecule has 0 aliphatic carbocycles. The maximum atomic E-state index is 13.2. The predicted octanol–water partition coefficient (Wildman–Crippen LogP) is 7.93. The van der Waals surface area contributed by atoms with Crippen LogP contribution in [0, 0.1) is 0 Å². The zero-order chi connectivity index (χ0) is 33.3. The monoisotopic (exact) mass is 686 g/mol. The van der Waals surface area contributed by atoms with Crippen LogP contribution in [0.1, 0.15) is 58.1 Å². The smallest absolute Gasteiger partial charge is 0.410 e. The fourth-order valence-corrected chi connectivity index (χ4v) is 8.37. The highest BCUT2D eigenvalue weighted by molar-refractivity contribution is 7.13. The number of fused-ring (bicyclic) bond motifs is 3. The van der Waals surface area contributed by atoms with E-state index in [2.05, 4.69) is 55.2 Å². The van der Waals surface area contributed by atoms with Gasteiger partial charge in [0.2, 0.25) is 0 Å². The van der Waals surface area contributed by atoms with Crippen LogP contribution in [0.4, 0.5) is 10.6 Å². The maximum Gasteiger partial charge on any atom is 0.410 e. The van der Waals surface area contributed by atoms with E-state index in [1.807, 2.05) is 48.1 Å². The molecule has 2 fully saturated rings. The molecule has 2 saturated heterocycles. The number of amides is 1. The topological polar surface area (TPSA) is 94.3 Å². The van der Waals surface area contributed by atoms with E-state index in [-0.39, 0.29) is 24.1 Å². The fourth-order valence-electron chi connectivity index (χ4n) is 6.23. The lowest BCUT2D eigenvalue weighted by atomic mass is 9.88. The quantitative estimate of drug-likeness (QED) is 0.102. The van der Waals surface area contributed by atoms with E-state index in [1.54, 1.807) is 11.3 Å². The van der Waals surface area contributed by atoms with Crippen LogP contribution in [-0.2, 0) is 14.2 Å². The Morgan fingerprint density at radius 3 is 2.11 bits per heavy atom. The first-order valence-corrected chi connectivity index (χ1v) is 25.1. The van der Waals surface area contributed by atoms with Gasteiger partial charge < -0.3 is 24.0 Å². The summed E-state index contributed by atoms with van der Waals surface area (Å²) in [5, 5.41) is 4.85. The van der Waals surface area contributed by atoms with Crippen molar-refractivity contribution in [2.45, 2.75) is 121 Å². The van der Waals surface area contributed by atoms with E-state index < -0.39 is 21.7 Å². The van der Waals surface area contributed by atoms with E-state index in [0.29, 0.717) is 13.5 Å². The first kappa shape index (κ1) is 35.0. The van der Waals surface area contributed by atoms with Gasteiger partial charge in [0.15, 0.2) is 5.65 Å². The number of ether oxygens (including phenoxy) is 3. The summed E-state index contributed by atoms with van der Waals surface area (Å²) in [5.74, 6) is 1.13. The summed E-state index contributed by atoms with van der Waals surface area (Å²) in [5.41, 5.74) is 4.15. The number of rotatable bonds is 13. The highest BCUT2D eigenvalue weighted by atomic mass is 32.1. The SMILES string of the molecule is CC(C)(C)OC(=O)N1C2CCC1CC(c1cc(N(COCC[Si](C)(C)C)COCC[Si](C)(C)C)n3ncc(-c4cncs4)c3n1)C2. The minimum atomic E-state index is -1.24. The molecule has 2 atom stereocenters. The van der Waals surface area contributed by atoms with Gasteiger partial charge in [-0.2, -0.15) is 9.61 Å². The maximum absolute atomic E-state index is 13.2. The number of hydrogen-bond acceptors (Lipinski definition) is 9. The number of aromatic nitrogens is 4. The van der Waals surface area contributed by atoms with Crippen LogP contribution in [-0.4, -0.2) is 91.1 Å². The standard InChI is InChI=1S/C33H54N6O4SSi2/c1-33(2,3)43-32(40)38-25-10-11-26(38)17-24(16-25)28-18-30(39-31(36-28)27(19-35-39)29-20-34-21-44-29)37(22-41-12-14-45(4,5)6)23-42-13-15-46(7,8)9/h18-21,24-26H,10-17,22-23H2,1-9H3. The molecule has 0 spiro atoms. The zero-order valence-electron chi connectivity index (χ0n) is 29.3. The molecule has 254 valence electrons. The molecule has 46 heavy (non-hydrogen) atoms. The first-order valence-electron chi connectivity index (χ1n) is 16.8. The van der Waals surface area contributed by atoms with Crippen molar-refractivity contribution in [2.75, 3.05) is 31.6 Å². The molecule has 3 aromatic rings. The molecule has 1 amide bonds. The molecule has 2 unspecified atom stereocenters. The Kier molecular flexibility index (Phi) is 10.7. The second kappa shape index (κ2) is 14.0. The number of carbonyl (C=O) groups excluding carboxylic acids is 1. The van der Waals surface area contributed by atoms with Crippen LogP contribution >= 0.6 is 11.3 Å². The van der Waals surface area contributed by atoms with E-state index in [9.17, 15) is 4.79 Å². The molecule has 2 aliphatic rings. The third-order valence-electron chi connectivity index (χ3n) is 8.74. The Hall–Kier alpha value is -2.33. The van der Waals surface area contributed by atoms with Crippen LogP contribution in [0.25, 0.3) is 16.1 Å². The number of anilines is 1. The molecule has 0 saturated carbocycles. The third-order valence-corrected chi connectivity index (χ3v) is 13.0. The summed E-state index contributed by atoms with van der Waals surface area (Å²) in [6.07, 6.45) is 7.30. The molecular formula is C33H54N6O4SSi2. The zero-order valence-corrected chi connectivity index (χ0v) is 32.2. The molecule has 5 rings (SSSR count). The number of carbonyl (C=O) groups is 1. The number of nitrogens with zero attached hydrogens (tertiary/aromatic N) is 6. The van der Waals surface area contributed by atoms with Crippen LogP contribution in [0.5, 0.6) is 0 Å². The molecule has 2 bridgehead atoms. The van der Waals surface area contributed by atoms with E-state index in [4.69, 9.17) is 24.3 Å². The average Bonchev–Trinajstić information content (AvgIpc) is 3.67. The van der Waals surface area contributed by atoms with Crippen LogP contribution in [0.15, 0.2) is 24.0 Å². The van der Waals surface area contributed by atoms with Crippen molar-refractivity contribution in [3.8, 4) is 10.4 Å². The molecule has 3 aromatic heterocycles. The normalized spacial score (nSPS) is 20.5. The van der Waals surface area contributed by atoms with Gasteiger partial charge in [-0.1, -0.05) is 39.3 Å². The summed E-state index contributed by atoms with van der Waals surface area (Å²) in [6.45, 7) is 22.3. The highest BCUT2D eigenvalue weighted by Crippen LogP contribution is 2.44. The van der Waals surface area contributed by atoms with Gasteiger partial charge in [-0.3, -0.25) is 4.98 Å². The van der Waals surface area contributed by atoms with Gasteiger partial charge in [-0.15, -0.1) is 11.3 Å². The van der Waals surface area contributed by atoms with Crippen molar-refractivity contribution >= 4 is 45.0 Å². The van der Waals surface area contributed by atoms with Gasteiger partial charge in [0.1, 0.15) is 24.9 Å². The largest absolute Gasteiger partial charge is 0.444 e. The molecule has 13 heteroatoms. The highest BCUT2D eigenvalue weighted by Gasteiger charge is 2.45. The lowest BCUT2D eigenvalue weighted by Crippen LogP contribution is -2.48. The van der Waals surface area contributed by atoms with Crippen molar-refractivity contribution in [3.05, 3.63) is 29.7 Å². The van der Waals surface area contributed by atoms with Gasteiger partial charge in [0, 0.05) is 65.3 Å². The number of hydrogen-bond donors (Lipinski definition) is 0. The molecule has 5 heterocycles. The summed E-state index contributed by atoms with van der Waals surface area (Å²) < 4.78 is 20.4. The van der Waals surface area contributed by atoms with Crippen molar-refractivity contribution < 1.29 is 19.0 Å². The van der Waals surface area contributed by atoms with Gasteiger partial charge in [0.05, 0.1) is 22.1 Å². The fraction of sp³-hybridized carbons (Fsp3) is 0.697. The van der Waals surface area contributed by atoms with Gasteiger partial charge in [0.25, 0.3) is 0 Å². The first-order chi connectivity index (χ1) is 21.6. The molecule has 0 N–H and O–H groups in total. The average molecular weight is 687 g/mol. The Morgan fingerprint density at radius 2 is 1.59 bits per heavy atom. The number of thiazole rings is 1. The summed E-state index contributed by atoms with van der Waals surface area (Å²) in [4.78, 5) is 28.0. The molecule has 0 radical (unpaired) electrons. The second-order valence-corrected chi connectivity index (χ2v) is 28.5. The van der Waals surface area contributed by atoms with E-state index >= 15 is 0 Å². The Labute approximate surface area is 280 Å². The van der Waals surface area contributed by atoms with Gasteiger partial charge in [-0.25, -0.2) is 9.78 Å². The minimum absolute atomic E-state index is 0.150. The van der Waals surface area contributed by atoms with E-state index in [1.165, 1.54) is 0 Å². The van der Waals surface area contributed by atoms with Crippen LogP contribution < -0.4 is 4.90 Å². The molecule has 2 aliphatic heterocycles. The lowest BCUT2D eigenvalue weighted by molar-refractivity contribution is 0.00569. The lowest BCUT2D eigenvalue weighted by Gasteiger charge is -2.39. The molecule has 10 nitrogen and oxygen atoms in total. The van der Waals surface area contributed by atoms with Crippen molar-refractivity contribution in [3.63, 3.8) is 0 Å². The van der Waals surface area contributed by atoms with Gasteiger partial charge in [-0.05, 0) is 58.5 Å². The minimum Gasteiger partial charge on any atom is -0.444 e. The summed E-state index contributed by atoms with van der Waals surface area (Å²) in [6, 6.07) is 4.69. The summed E-state index contributed by atoms with van der Waals surface area (Å²) >= 11 is 1.59. The van der Waals surface area contributed by atoms with Crippen molar-refractivity contribution in [2.24, 2.45) is 0 Å². The molecule has 0 aromatic carbocycles. The summed E-state index contributed by atoms with van der Waals surface area (Å²) in [7, 11) is -2.47. The van der Waals surface area contributed by atoms with E-state index in [0.717, 1.165) is 78.6 Å².